The maximum Gasteiger partial charge on any atom is 0.257 e. The number of amides is 1. The lowest BCUT2D eigenvalue weighted by molar-refractivity contribution is 0.0977. The van der Waals surface area contributed by atoms with Crippen LogP contribution in [0.25, 0.3) is 0 Å². The van der Waals surface area contributed by atoms with Gasteiger partial charge in [-0.05, 0) is 63.4 Å². The van der Waals surface area contributed by atoms with Crippen molar-refractivity contribution in [3.63, 3.8) is 0 Å². The molecule has 1 amide bonds. The van der Waals surface area contributed by atoms with Gasteiger partial charge in [0.2, 0.25) is 0 Å². The highest BCUT2D eigenvalue weighted by molar-refractivity contribution is 9.10. The third-order valence-corrected chi connectivity index (χ3v) is 3.88. The zero-order chi connectivity index (χ0) is 17.0. The molecule has 6 heteroatoms. The van der Waals surface area contributed by atoms with E-state index in [1.807, 2.05) is 18.2 Å². The third-order valence-electron chi connectivity index (χ3n) is 3.21. The van der Waals surface area contributed by atoms with Gasteiger partial charge >= 0.3 is 0 Å². The van der Waals surface area contributed by atoms with Crippen LogP contribution in [0.15, 0.2) is 47.1 Å². The molecule has 0 aliphatic carbocycles. The zero-order valence-corrected chi connectivity index (χ0v) is 15.6. The Kier molecular flexibility index (Phi) is 5.49. The number of aromatic nitrogens is 1. The second-order valence-corrected chi connectivity index (χ2v) is 7.42. The number of pyridine rings is 1. The number of thiocarbonyl (C=S) groups is 1. The molecule has 2 N–H and O–H groups in total. The second-order valence-electron chi connectivity index (χ2n) is 6.10. The quantitative estimate of drug-likeness (QED) is 0.750. The molecule has 0 saturated carbocycles. The van der Waals surface area contributed by atoms with Gasteiger partial charge < -0.3 is 5.32 Å². The standard InChI is InChI=1S/C17H18BrN3OS/c1-17(2,3)12-6-4-11(5-7-12)15(22)21-16(23)20-14-9-8-13(18)10-19-14/h4-10H,1-3H3,(H2,19,20,21,22,23). The summed E-state index contributed by atoms with van der Waals surface area (Å²) in [7, 11) is 0. The molecule has 0 unspecified atom stereocenters. The summed E-state index contributed by atoms with van der Waals surface area (Å²) >= 11 is 8.44. The molecular weight excluding hydrogens is 374 g/mol. The van der Waals surface area contributed by atoms with Crippen molar-refractivity contribution in [2.45, 2.75) is 26.2 Å². The van der Waals surface area contributed by atoms with Crippen molar-refractivity contribution in [3.05, 3.63) is 58.2 Å². The molecule has 2 aromatic rings. The Morgan fingerprint density at radius 2 is 1.78 bits per heavy atom. The van der Waals surface area contributed by atoms with E-state index in [9.17, 15) is 4.79 Å². The van der Waals surface area contributed by atoms with Gasteiger partial charge in [-0.1, -0.05) is 32.9 Å². The third kappa shape index (κ3) is 5.11. The second kappa shape index (κ2) is 7.19. The molecule has 0 atom stereocenters. The lowest BCUT2D eigenvalue weighted by Crippen LogP contribution is -2.34. The first-order chi connectivity index (χ1) is 10.8. The fourth-order valence-corrected chi connectivity index (χ4v) is 2.33. The molecule has 1 aromatic heterocycles. The smallest absolute Gasteiger partial charge is 0.257 e. The highest BCUT2D eigenvalue weighted by Gasteiger charge is 2.14. The van der Waals surface area contributed by atoms with E-state index in [0.717, 1.165) is 4.47 Å². The van der Waals surface area contributed by atoms with Gasteiger partial charge in [0, 0.05) is 16.2 Å². The average molecular weight is 392 g/mol. The number of carbonyl (C=O) groups is 1. The number of hydrogen-bond donors (Lipinski definition) is 2. The van der Waals surface area contributed by atoms with Gasteiger partial charge in [-0.2, -0.15) is 0 Å². The first-order valence-electron chi connectivity index (χ1n) is 7.10. The molecule has 0 fully saturated rings. The number of hydrogen-bond acceptors (Lipinski definition) is 3. The largest absolute Gasteiger partial charge is 0.317 e. The fourth-order valence-electron chi connectivity index (χ4n) is 1.89. The Bertz CT molecular complexity index is 706. The van der Waals surface area contributed by atoms with Crippen LogP contribution in [0.3, 0.4) is 0 Å². The molecule has 120 valence electrons. The van der Waals surface area contributed by atoms with E-state index in [1.54, 1.807) is 24.4 Å². The number of benzene rings is 1. The van der Waals surface area contributed by atoms with Gasteiger partial charge in [-0.3, -0.25) is 10.1 Å². The van der Waals surface area contributed by atoms with Gasteiger partial charge in [0.15, 0.2) is 5.11 Å². The van der Waals surface area contributed by atoms with Crippen LogP contribution in [-0.4, -0.2) is 16.0 Å². The summed E-state index contributed by atoms with van der Waals surface area (Å²) in [5.41, 5.74) is 1.79. The number of nitrogens with one attached hydrogen (secondary N) is 2. The van der Waals surface area contributed by atoms with E-state index < -0.39 is 0 Å². The maximum absolute atomic E-state index is 12.2. The lowest BCUT2D eigenvalue weighted by Gasteiger charge is -2.19. The molecule has 0 radical (unpaired) electrons. The van der Waals surface area contributed by atoms with E-state index in [2.05, 4.69) is 52.3 Å². The summed E-state index contributed by atoms with van der Waals surface area (Å²) < 4.78 is 0.872. The minimum Gasteiger partial charge on any atom is -0.317 e. The highest BCUT2D eigenvalue weighted by atomic mass is 79.9. The van der Waals surface area contributed by atoms with E-state index in [1.165, 1.54) is 5.56 Å². The molecule has 4 nitrogen and oxygen atoms in total. The van der Waals surface area contributed by atoms with Crippen molar-refractivity contribution < 1.29 is 4.79 Å². The lowest BCUT2D eigenvalue weighted by atomic mass is 9.87. The van der Waals surface area contributed by atoms with Crippen molar-refractivity contribution in [2.75, 3.05) is 5.32 Å². The summed E-state index contributed by atoms with van der Waals surface area (Å²) in [5.74, 6) is 0.321. The van der Waals surface area contributed by atoms with Crippen molar-refractivity contribution in [3.8, 4) is 0 Å². The molecule has 0 saturated heterocycles. The summed E-state index contributed by atoms with van der Waals surface area (Å²) in [6.07, 6.45) is 1.65. The van der Waals surface area contributed by atoms with Crippen LogP contribution in [0.5, 0.6) is 0 Å². The Hall–Kier alpha value is -1.79. The first-order valence-corrected chi connectivity index (χ1v) is 8.30. The van der Waals surface area contributed by atoms with E-state index in [-0.39, 0.29) is 16.4 Å². The minimum atomic E-state index is -0.250. The predicted molar refractivity (Wildman–Crippen MR) is 101 cm³/mol. The molecule has 0 aliphatic rings. The van der Waals surface area contributed by atoms with Crippen molar-refractivity contribution >= 4 is 45.0 Å². The van der Waals surface area contributed by atoms with Crippen molar-refractivity contribution in [2.24, 2.45) is 0 Å². The molecule has 1 heterocycles. The highest BCUT2D eigenvalue weighted by Crippen LogP contribution is 2.22. The molecule has 0 aliphatic heterocycles. The summed E-state index contributed by atoms with van der Waals surface area (Å²) in [6.45, 7) is 6.39. The molecule has 0 spiro atoms. The predicted octanol–water partition coefficient (Wildman–Crippen LogP) is 4.27. The van der Waals surface area contributed by atoms with Crippen molar-refractivity contribution in [1.82, 2.24) is 10.3 Å². The number of halogens is 1. The Labute approximate surface area is 149 Å². The first kappa shape index (κ1) is 17.6. The summed E-state index contributed by atoms with van der Waals surface area (Å²) in [4.78, 5) is 16.3. The summed E-state index contributed by atoms with van der Waals surface area (Å²) in [6, 6.07) is 11.1. The van der Waals surface area contributed by atoms with Gasteiger partial charge in [0.1, 0.15) is 5.82 Å². The van der Waals surface area contributed by atoms with Crippen LogP contribution in [0.4, 0.5) is 5.82 Å². The average Bonchev–Trinajstić information content (AvgIpc) is 2.49. The van der Waals surface area contributed by atoms with Gasteiger partial charge in [-0.25, -0.2) is 4.98 Å². The topological polar surface area (TPSA) is 54.0 Å². The Morgan fingerprint density at radius 1 is 1.13 bits per heavy atom. The maximum atomic E-state index is 12.2. The molecule has 0 bridgehead atoms. The molecular formula is C17H18BrN3OS. The van der Waals surface area contributed by atoms with E-state index >= 15 is 0 Å². The van der Waals surface area contributed by atoms with Crippen LogP contribution >= 0.6 is 28.1 Å². The van der Waals surface area contributed by atoms with Crippen LogP contribution in [0.2, 0.25) is 0 Å². The van der Waals surface area contributed by atoms with Crippen LogP contribution in [0, 0.1) is 0 Å². The van der Waals surface area contributed by atoms with E-state index in [4.69, 9.17) is 12.2 Å². The summed E-state index contributed by atoms with van der Waals surface area (Å²) in [5, 5.41) is 5.73. The van der Waals surface area contributed by atoms with Gasteiger partial charge in [0.05, 0.1) is 0 Å². The monoisotopic (exact) mass is 391 g/mol. The van der Waals surface area contributed by atoms with Crippen LogP contribution < -0.4 is 10.6 Å². The fraction of sp³-hybridized carbons (Fsp3) is 0.235. The van der Waals surface area contributed by atoms with Crippen LogP contribution in [0.1, 0.15) is 36.7 Å². The van der Waals surface area contributed by atoms with Gasteiger partial charge in [0.25, 0.3) is 5.91 Å². The minimum absolute atomic E-state index is 0.0547. The Balaban J connectivity index is 1.98. The zero-order valence-electron chi connectivity index (χ0n) is 13.2. The normalized spacial score (nSPS) is 11.0. The van der Waals surface area contributed by atoms with Crippen LogP contribution in [-0.2, 0) is 5.41 Å². The molecule has 23 heavy (non-hydrogen) atoms. The van der Waals surface area contributed by atoms with Gasteiger partial charge in [-0.15, -0.1) is 0 Å². The SMILES string of the molecule is CC(C)(C)c1ccc(C(=O)NC(=S)Nc2ccc(Br)cn2)cc1. The molecule has 2 rings (SSSR count). The Morgan fingerprint density at radius 3 is 2.30 bits per heavy atom. The molecule has 1 aromatic carbocycles. The number of carbonyl (C=O) groups excluding carboxylic acids is 1. The van der Waals surface area contributed by atoms with E-state index in [0.29, 0.717) is 11.4 Å². The number of nitrogens with zero attached hydrogens (tertiary/aromatic N) is 1. The number of anilines is 1. The number of rotatable bonds is 2. The van der Waals surface area contributed by atoms with Crippen molar-refractivity contribution in [1.29, 1.82) is 0 Å².